The van der Waals surface area contributed by atoms with Crippen LogP contribution in [0, 0.1) is 13.8 Å². The third kappa shape index (κ3) is 6.15. The number of rotatable bonds is 7. The van der Waals surface area contributed by atoms with Crippen LogP contribution in [0.15, 0.2) is 217 Å². The molecule has 0 aliphatic heterocycles. The maximum Gasteiger partial charge on any atom is 0.161 e. The van der Waals surface area contributed by atoms with Crippen molar-refractivity contribution in [2.24, 2.45) is 0 Å². The number of anilines is 6. The van der Waals surface area contributed by atoms with E-state index in [0.717, 1.165) is 55.9 Å². The van der Waals surface area contributed by atoms with Gasteiger partial charge < -0.3 is 18.6 Å². The SMILES string of the molecule is Cc1ccc(N(c2ccc3c(c2)oc2c4cc(-c5ccccc5)cc5c6sc7cc(N(c8ccc(C)cc8)c8cccc9c8-c8ccccc8C9(C)C)ccc7c6n(c45)c32)c2cccc3c2-c2ccccc2C3(C)C)cc1. The number of furan rings is 1. The smallest absolute Gasteiger partial charge is 0.161 e. The first kappa shape index (κ1) is 44.4. The van der Waals surface area contributed by atoms with Gasteiger partial charge in [0.2, 0.25) is 0 Å². The first-order valence-electron chi connectivity index (χ1n) is 26.9. The van der Waals surface area contributed by atoms with Gasteiger partial charge in [-0.15, -0.1) is 11.3 Å². The molecule has 0 bridgehead atoms. The minimum atomic E-state index is -0.133. The summed E-state index contributed by atoms with van der Waals surface area (Å²) < 4.78 is 12.4. The molecular formula is C72H53N3OS. The van der Waals surface area contributed by atoms with Crippen LogP contribution in [-0.2, 0) is 10.8 Å². The lowest BCUT2D eigenvalue weighted by Crippen LogP contribution is -2.16. The third-order valence-electron chi connectivity index (χ3n) is 17.4. The Bertz CT molecular complexity index is 4480. The van der Waals surface area contributed by atoms with Crippen LogP contribution in [-0.4, -0.2) is 4.40 Å². The summed E-state index contributed by atoms with van der Waals surface area (Å²) >= 11 is 1.90. The van der Waals surface area contributed by atoms with Gasteiger partial charge in [0, 0.05) is 77.0 Å². The average Bonchev–Trinajstić information content (AvgIpc) is 4.35. The van der Waals surface area contributed by atoms with Crippen molar-refractivity contribution in [1.29, 1.82) is 0 Å². The Kier molecular flexibility index (Phi) is 9.13. The Morgan fingerprint density at radius 3 is 1.51 bits per heavy atom. The lowest BCUT2D eigenvalue weighted by molar-refractivity contribution is 0.660. The molecule has 0 atom stereocenters. The number of aryl methyl sites for hydroxylation is 2. The predicted octanol–water partition coefficient (Wildman–Crippen LogP) is 20.6. The van der Waals surface area contributed by atoms with Gasteiger partial charge in [0.15, 0.2) is 5.58 Å². The zero-order valence-corrected chi connectivity index (χ0v) is 44.7. The molecule has 16 rings (SSSR count). The molecule has 0 radical (unpaired) electrons. The summed E-state index contributed by atoms with van der Waals surface area (Å²) in [6.45, 7) is 13.8. The average molecular weight is 1010 g/mol. The summed E-state index contributed by atoms with van der Waals surface area (Å²) in [4.78, 5) is 4.92. The summed E-state index contributed by atoms with van der Waals surface area (Å²) in [6.07, 6.45) is 0. The highest BCUT2D eigenvalue weighted by Gasteiger charge is 2.39. The number of nitrogens with zero attached hydrogens (tertiary/aromatic N) is 3. The largest absolute Gasteiger partial charge is 0.454 e. The van der Waals surface area contributed by atoms with Crippen molar-refractivity contribution in [1.82, 2.24) is 4.40 Å². The Labute approximate surface area is 451 Å². The fraction of sp³-hybridized carbons (Fsp3) is 0.111. The molecule has 0 unspecified atom stereocenters. The van der Waals surface area contributed by atoms with Crippen LogP contribution >= 0.6 is 11.3 Å². The van der Waals surface area contributed by atoms with Crippen molar-refractivity contribution in [3.8, 4) is 33.4 Å². The first-order valence-corrected chi connectivity index (χ1v) is 27.7. The van der Waals surface area contributed by atoms with E-state index in [2.05, 4.69) is 268 Å². The monoisotopic (exact) mass is 1010 g/mol. The zero-order valence-electron chi connectivity index (χ0n) is 43.9. The van der Waals surface area contributed by atoms with Gasteiger partial charge in [-0.25, -0.2) is 0 Å². The number of thiophene rings is 1. The third-order valence-corrected chi connectivity index (χ3v) is 18.6. The van der Waals surface area contributed by atoms with Crippen LogP contribution in [0.5, 0.6) is 0 Å². The molecule has 4 heterocycles. The maximum atomic E-state index is 7.32. The fourth-order valence-electron chi connectivity index (χ4n) is 13.7. The quantitative estimate of drug-likeness (QED) is 0.159. The number of hydrogen-bond donors (Lipinski definition) is 0. The van der Waals surface area contributed by atoms with E-state index in [1.54, 1.807) is 0 Å². The van der Waals surface area contributed by atoms with Gasteiger partial charge >= 0.3 is 0 Å². The van der Waals surface area contributed by atoms with Crippen LogP contribution in [0.3, 0.4) is 0 Å². The van der Waals surface area contributed by atoms with E-state index in [0.29, 0.717) is 0 Å². The minimum absolute atomic E-state index is 0.121. The maximum absolute atomic E-state index is 7.32. The van der Waals surface area contributed by atoms with Crippen LogP contribution in [0.1, 0.15) is 61.1 Å². The van der Waals surface area contributed by atoms with Crippen molar-refractivity contribution in [2.45, 2.75) is 52.4 Å². The molecule has 4 aromatic heterocycles. The van der Waals surface area contributed by atoms with Crippen molar-refractivity contribution in [3.05, 3.63) is 246 Å². The summed E-state index contributed by atoms with van der Waals surface area (Å²) in [5.41, 5.74) is 27.3. The Balaban J connectivity index is 0.928. The van der Waals surface area contributed by atoms with Crippen LogP contribution in [0.25, 0.3) is 92.0 Å². The molecule has 0 N–H and O–H groups in total. The highest BCUT2D eigenvalue weighted by atomic mass is 32.1. The van der Waals surface area contributed by atoms with Gasteiger partial charge in [0.25, 0.3) is 0 Å². The second kappa shape index (κ2) is 15.8. The molecule has 0 saturated heterocycles. The van der Waals surface area contributed by atoms with Crippen LogP contribution in [0.2, 0.25) is 0 Å². The first-order chi connectivity index (χ1) is 37.5. The van der Waals surface area contributed by atoms with Crippen LogP contribution < -0.4 is 9.80 Å². The highest BCUT2D eigenvalue weighted by Crippen LogP contribution is 2.57. The molecule has 0 spiro atoms. The van der Waals surface area contributed by atoms with E-state index in [1.165, 1.54) is 104 Å². The predicted molar refractivity (Wildman–Crippen MR) is 326 cm³/mol. The van der Waals surface area contributed by atoms with E-state index >= 15 is 0 Å². The molecule has 0 saturated carbocycles. The second-order valence-corrected chi connectivity index (χ2v) is 23.7. The standard InChI is InChI=1S/C72H53N3OS/c1-42-26-30-46(31-27-42)73(60-24-14-22-58-64(60)50-18-10-12-20-56(50)71(58,3)4)48-34-36-52-62(40-48)76-69-54-38-45(44-16-8-7-9-17-44)39-55-66(54)75(67(52)69)68-53-37-35-49(41-63(53)77-70(55)68)74(47-32-28-43(2)29-33-47)61-25-15-23-59-65(61)51-19-11-13-21-57(51)72(59,5)6/h7-41H,1-6H3. The molecule has 368 valence electrons. The molecule has 2 aliphatic rings. The van der Waals surface area contributed by atoms with Gasteiger partial charge in [-0.3, -0.25) is 0 Å². The zero-order chi connectivity index (χ0) is 51.6. The summed E-state index contributed by atoms with van der Waals surface area (Å²) in [6, 6.07) is 79.2. The Morgan fingerprint density at radius 2 is 0.909 bits per heavy atom. The van der Waals surface area contributed by atoms with Crippen molar-refractivity contribution < 1.29 is 4.42 Å². The van der Waals surface area contributed by atoms with Crippen molar-refractivity contribution >= 4 is 104 Å². The highest BCUT2D eigenvalue weighted by molar-refractivity contribution is 7.26. The van der Waals surface area contributed by atoms with Gasteiger partial charge in [-0.05, 0) is 137 Å². The molecular weight excluding hydrogens is 955 g/mol. The number of fused-ring (bicyclic) bond motifs is 16. The molecule has 4 nitrogen and oxygen atoms in total. The van der Waals surface area contributed by atoms with Gasteiger partial charge in [-0.1, -0.05) is 166 Å². The van der Waals surface area contributed by atoms with Crippen LogP contribution in [0.4, 0.5) is 34.1 Å². The lowest BCUT2D eigenvalue weighted by Gasteiger charge is -2.29. The van der Waals surface area contributed by atoms with Gasteiger partial charge in [0.05, 0.1) is 27.1 Å². The van der Waals surface area contributed by atoms with E-state index in [-0.39, 0.29) is 10.8 Å². The van der Waals surface area contributed by atoms with Crippen molar-refractivity contribution in [3.63, 3.8) is 0 Å². The summed E-state index contributed by atoms with van der Waals surface area (Å²) in [7, 11) is 0. The van der Waals surface area contributed by atoms with E-state index in [1.807, 2.05) is 11.3 Å². The number of hydrogen-bond acceptors (Lipinski definition) is 4. The van der Waals surface area contributed by atoms with Gasteiger partial charge in [0.1, 0.15) is 11.1 Å². The topological polar surface area (TPSA) is 24.0 Å². The van der Waals surface area contributed by atoms with Gasteiger partial charge in [-0.2, -0.15) is 0 Å². The van der Waals surface area contributed by atoms with Crippen molar-refractivity contribution in [2.75, 3.05) is 9.80 Å². The normalized spacial score (nSPS) is 14.1. The molecule has 0 fully saturated rings. The number of aromatic nitrogens is 1. The van der Waals surface area contributed by atoms with E-state index < -0.39 is 0 Å². The molecule has 5 heteroatoms. The molecule has 77 heavy (non-hydrogen) atoms. The summed E-state index contributed by atoms with van der Waals surface area (Å²) in [5, 5.41) is 4.70. The fourth-order valence-corrected chi connectivity index (χ4v) is 14.9. The molecule has 0 amide bonds. The minimum Gasteiger partial charge on any atom is -0.454 e. The Morgan fingerprint density at radius 1 is 0.403 bits per heavy atom. The van der Waals surface area contributed by atoms with E-state index in [4.69, 9.17) is 4.42 Å². The number of benzene rings is 10. The second-order valence-electron chi connectivity index (χ2n) is 22.6. The molecule has 2 aliphatic carbocycles. The lowest BCUT2D eigenvalue weighted by atomic mass is 9.82. The summed E-state index contributed by atoms with van der Waals surface area (Å²) in [5.74, 6) is 0. The van der Waals surface area contributed by atoms with E-state index in [9.17, 15) is 0 Å². The molecule has 10 aromatic carbocycles. The molecule has 14 aromatic rings. The Hall–Kier alpha value is -8.90.